The van der Waals surface area contributed by atoms with Gasteiger partial charge in [0.2, 0.25) is 0 Å². The van der Waals surface area contributed by atoms with E-state index in [-0.39, 0.29) is 19.7 Å². The summed E-state index contributed by atoms with van der Waals surface area (Å²) in [5, 5.41) is 14.8. The Morgan fingerprint density at radius 2 is 1.79 bits per heavy atom. The fourth-order valence-electron chi connectivity index (χ4n) is 2.67. The van der Waals surface area contributed by atoms with E-state index in [1.165, 1.54) is 4.68 Å². The van der Waals surface area contributed by atoms with Crippen LogP contribution in [-0.4, -0.2) is 61.9 Å². The number of imide groups is 1. The van der Waals surface area contributed by atoms with Crippen molar-refractivity contribution in [3.8, 4) is 0 Å². The highest BCUT2D eigenvalue weighted by Gasteiger charge is 2.36. The van der Waals surface area contributed by atoms with Crippen molar-refractivity contribution < 1.29 is 24.0 Å². The Morgan fingerprint density at radius 1 is 1.14 bits per heavy atom. The number of tetrazole rings is 1. The van der Waals surface area contributed by atoms with Crippen LogP contribution in [0.5, 0.6) is 0 Å². The van der Waals surface area contributed by atoms with Crippen molar-refractivity contribution in [3.05, 3.63) is 41.2 Å². The van der Waals surface area contributed by atoms with Gasteiger partial charge in [0.05, 0.1) is 24.3 Å². The van der Waals surface area contributed by atoms with Gasteiger partial charge in [-0.25, -0.2) is 9.48 Å². The van der Waals surface area contributed by atoms with E-state index >= 15 is 0 Å². The normalized spacial score (nSPS) is 13.6. The van der Waals surface area contributed by atoms with Gasteiger partial charge in [-0.05, 0) is 43.3 Å². The minimum atomic E-state index is -0.576. The van der Waals surface area contributed by atoms with Crippen molar-refractivity contribution in [1.29, 1.82) is 0 Å². The molecule has 11 nitrogen and oxygen atoms in total. The van der Waals surface area contributed by atoms with Gasteiger partial charge in [-0.2, -0.15) is 0 Å². The third kappa shape index (κ3) is 4.93. The van der Waals surface area contributed by atoms with Crippen molar-refractivity contribution in [2.45, 2.75) is 39.3 Å². The molecule has 1 aromatic heterocycles. The largest absolute Gasteiger partial charge is 0.444 e. The molecule has 0 spiro atoms. The van der Waals surface area contributed by atoms with Crippen LogP contribution in [0.3, 0.4) is 0 Å². The monoisotopic (exact) mass is 402 g/mol. The lowest BCUT2D eigenvalue weighted by molar-refractivity contribution is -0.0943. The highest BCUT2D eigenvalue weighted by molar-refractivity contribution is 6.20. The third-order valence-corrected chi connectivity index (χ3v) is 3.90. The first kappa shape index (κ1) is 20.4. The molecule has 1 N–H and O–H groups in total. The van der Waals surface area contributed by atoms with Crippen molar-refractivity contribution >= 4 is 17.9 Å². The minimum Gasteiger partial charge on any atom is -0.444 e. The Kier molecular flexibility index (Phi) is 5.87. The molecule has 1 aliphatic rings. The molecule has 2 heterocycles. The molecule has 1 aliphatic heterocycles. The van der Waals surface area contributed by atoms with Gasteiger partial charge in [-0.1, -0.05) is 12.1 Å². The number of hydroxylamine groups is 2. The molecule has 1 aromatic carbocycles. The van der Waals surface area contributed by atoms with Crippen LogP contribution in [0.15, 0.2) is 24.3 Å². The van der Waals surface area contributed by atoms with E-state index in [0.29, 0.717) is 23.4 Å². The molecule has 29 heavy (non-hydrogen) atoms. The highest BCUT2D eigenvalue weighted by atomic mass is 16.7. The number of ether oxygens (including phenoxy) is 1. The number of hydrogen-bond donors (Lipinski definition) is 1. The fraction of sp³-hybridized carbons (Fsp3) is 0.444. The topological polar surface area (TPSA) is 129 Å². The first-order valence-corrected chi connectivity index (χ1v) is 9.09. The quantitative estimate of drug-likeness (QED) is 0.679. The fourth-order valence-corrected chi connectivity index (χ4v) is 2.67. The zero-order valence-electron chi connectivity index (χ0n) is 16.4. The average Bonchev–Trinajstić information content (AvgIpc) is 3.19. The van der Waals surface area contributed by atoms with Crippen LogP contribution in [-0.2, 0) is 22.5 Å². The van der Waals surface area contributed by atoms with Gasteiger partial charge in [0.25, 0.3) is 11.8 Å². The zero-order chi connectivity index (χ0) is 21.0. The summed E-state index contributed by atoms with van der Waals surface area (Å²) < 4.78 is 6.64. The lowest BCUT2D eigenvalue weighted by Gasteiger charge is -2.19. The number of rotatable bonds is 7. The number of aromatic nitrogens is 4. The summed E-state index contributed by atoms with van der Waals surface area (Å²) in [5.74, 6) is -0.472. The first-order chi connectivity index (χ1) is 13.8. The molecule has 0 fully saturated rings. The molecule has 154 valence electrons. The molecule has 0 radical (unpaired) electrons. The summed E-state index contributed by atoms with van der Waals surface area (Å²) in [4.78, 5) is 41.5. The van der Waals surface area contributed by atoms with Crippen LogP contribution in [0.1, 0.15) is 47.3 Å². The predicted molar refractivity (Wildman–Crippen MR) is 98.7 cm³/mol. The second-order valence-electron chi connectivity index (χ2n) is 7.28. The number of benzene rings is 1. The molecule has 11 heteroatoms. The Bertz CT molecular complexity index is 884. The Hall–Kier alpha value is -3.34. The minimum absolute atomic E-state index is 0.0169. The van der Waals surface area contributed by atoms with Gasteiger partial charge in [0.15, 0.2) is 5.82 Å². The smallest absolute Gasteiger partial charge is 0.407 e. The number of alkyl carbamates (subject to hydrolysis) is 1. The summed E-state index contributed by atoms with van der Waals surface area (Å²) in [7, 11) is 0. The molecule has 0 unspecified atom stereocenters. The molecule has 3 amide bonds. The van der Waals surface area contributed by atoms with Gasteiger partial charge in [-0.3, -0.25) is 14.4 Å². The van der Waals surface area contributed by atoms with E-state index in [9.17, 15) is 14.4 Å². The summed E-state index contributed by atoms with van der Waals surface area (Å²) in [6, 6.07) is 6.53. The summed E-state index contributed by atoms with van der Waals surface area (Å²) in [5.41, 5.74) is 0.0512. The lowest BCUT2D eigenvalue weighted by atomic mass is 10.1. The van der Waals surface area contributed by atoms with Crippen molar-refractivity contribution in [1.82, 2.24) is 30.6 Å². The number of fused-ring (bicyclic) bond motifs is 1. The number of nitrogens with one attached hydrogen (secondary N) is 1. The lowest BCUT2D eigenvalue weighted by Crippen LogP contribution is -2.34. The van der Waals surface area contributed by atoms with Crippen LogP contribution < -0.4 is 5.32 Å². The molecule has 0 bridgehead atoms. The van der Waals surface area contributed by atoms with Crippen LogP contribution in [0.2, 0.25) is 0 Å². The van der Waals surface area contributed by atoms with Crippen molar-refractivity contribution in [2.75, 3.05) is 13.2 Å². The molecular weight excluding hydrogens is 380 g/mol. The number of nitrogens with zero attached hydrogens (tertiary/aromatic N) is 5. The average molecular weight is 402 g/mol. The van der Waals surface area contributed by atoms with Gasteiger partial charge < -0.3 is 10.1 Å². The van der Waals surface area contributed by atoms with Gasteiger partial charge in [0, 0.05) is 13.0 Å². The van der Waals surface area contributed by atoms with E-state index in [1.807, 2.05) is 0 Å². The van der Waals surface area contributed by atoms with Gasteiger partial charge in [0.1, 0.15) is 5.60 Å². The predicted octanol–water partition coefficient (Wildman–Crippen LogP) is 0.968. The Morgan fingerprint density at radius 3 is 2.41 bits per heavy atom. The maximum absolute atomic E-state index is 12.3. The SMILES string of the molecule is CC(C)(C)OC(=O)NCCc1nnnn1CCON1C(=O)c2ccccc2C1=O. The standard InChI is InChI=1S/C18H22N6O5/c1-18(2,3)29-17(27)19-9-8-14-20-21-22-23(14)10-11-28-24-15(25)12-6-4-5-7-13(12)16(24)26/h4-7H,8-11H2,1-3H3,(H,19,27). The third-order valence-electron chi connectivity index (χ3n) is 3.90. The zero-order valence-corrected chi connectivity index (χ0v) is 16.4. The van der Waals surface area contributed by atoms with Crippen molar-refractivity contribution in [3.63, 3.8) is 0 Å². The molecule has 3 rings (SSSR count). The highest BCUT2D eigenvalue weighted by Crippen LogP contribution is 2.22. The summed E-state index contributed by atoms with van der Waals surface area (Å²) >= 11 is 0. The second-order valence-corrected chi connectivity index (χ2v) is 7.28. The van der Waals surface area contributed by atoms with Crippen LogP contribution >= 0.6 is 0 Å². The van der Waals surface area contributed by atoms with E-state index in [2.05, 4.69) is 20.8 Å². The van der Waals surface area contributed by atoms with Crippen molar-refractivity contribution in [2.24, 2.45) is 0 Å². The van der Waals surface area contributed by atoms with Gasteiger partial charge in [-0.15, -0.1) is 10.2 Å². The first-order valence-electron chi connectivity index (χ1n) is 9.09. The molecule has 0 atom stereocenters. The van der Waals surface area contributed by atoms with Gasteiger partial charge >= 0.3 is 6.09 Å². The summed E-state index contributed by atoms with van der Waals surface area (Å²) in [6.07, 6.45) is -0.148. The number of carbonyl (C=O) groups excluding carboxylic acids is 3. The maximum atomic E-state index is 12.3. The van der Waals surface area contributed by atoms with E-state index in [0.717, 1.165) is 5.06 Å². The van der Waals surface area contributed by atoms with E-state index in [1.54, 1.807) is 45.0 Å². The Labute approximate surface area is 166 Å². The number of carbonyl (C=O) groups is 3. The molecule has 0 aliphatic carbocycles. The molecule has 0 saturated heterocycles. The molecular formula is C18H22N6O5. The molecule has 2 aromatic rings. The van der Waals surface area contributed by atoms with E-state index in [4.69, 9.17) is 9.57 Å². The summed E-state index contributed by atoms with van der Waals surface area (Å²) in [6.45, 7) is 5.87. The number of amides is 3. The van der Waals surface area contributed by atoms with Crippen LogP contribution in [0.25, 0.3) is 0 Å². The molecule has 0 saturated carbocycles. The second kappa shape index (κ2) is 8.35. The van der Waals surface area contributed by atoms with Crippen LogP contribution in [0.4, 0.5) is 4.79 Å². The Balaban J connectivity index is 1.47. The van der Waals surface area contributed by atoms with E-state index < -0.39 is 23.5 Å². The number of hydrogen-bond acceptors (Lipinski definition) is 8. The van der Waals surface area contributed by atoms with Crippen LogP contribution in [0, 0.1) is 0 Å². The maximum Gasteiger partial charge on any atom is 0.407 e.